The van der Waals surface area contributed by atoms with Crippen LogP contribution in [0, 0.1) is 11.3 Å². The SMILES string of the molecule is CNC(=O)c1c(O)c(N=Nc2c(C#N)cnn2-c2ncccn2)cc2ccccc12. The molecule has 0 aliphatic carbocycles. The van der Waals surface area contributed by atoms with Gasteiger partial charge in [0.1, 0.15) is 17.3 Å². The maximum absolute atomic E-state index is 12.4. The van der Waals surface area contributed by atoms with Crippen molar-refractivity contribution in [3.63, 3.8) is 0 Å². The van der Waals surface area contributed by atoms with Gasteiger partial charge in [0.25, 0.3) is 11.9 Å². The zero-order chi connectivity index (χ0) is 21.1. The minimum Gasteiger partial charge on any atom is -0.505 e. The fourth-order valence-corrected chi connectivity index (χ4v) is 2.92. The lowest BCUT2D eigenvalue weighted by Crippen LogP contribution is -2.18. The summed E-state index contributed by atoms with van der Waals surface area (Å²) in [5.74, 6) is -0.474. The molecule has 0 saturated carbocycles. The monoisotopic (exact) mass is 398 g/mol. The summed E-state index contributed by atoms with van der Waals surface area (Å²) in [6.45, 7) is 0. The highest BCUT2D eigenvalue weighted by Crippen LogP contribution is 2.38. The molecular weight excluding hydrogens is 384 g/mol. The van der Waals surface area contributed by atoms with Gasteiger partial charge in [0.15, 0.2) is 11.6 Å². The van der Waals surface area contributed by atoms with Crippen LogP contribution in [0.25, 0.3) is 16.7 Å². The number of carbonyl (C=O) groups excluding carboxylic acids is 1. The van der Waals surface area contributed by atoms with Gasteiger partial charge < -0.3 is 10.4 Å². The molecule has 146 valence electrons. The van der Waals surface area contributed by atoms with Crippen LogP contribution in [0.4, 0.5) is 11.5 Å². The number of nitrogens with one attached hydrogen (secondary N) is 1. The summed E-state index contributed by atoms with van der Waals surface area (Å²) in [4.78, 5) is 20.5. The summed E-state index contributed by atoms with van der Waals surface area (Å²) in [5.41, 5.74) is 0.306. The summed E-state index contributed by atoms with van der Waals surface area (Å²) >= 11 is 0. The van der Waals surface area contributed by atoms with E-state index < -0.39 is 5.91 Å². The molecule has 2 aromatic heterocycles. The van der Waals surface area contributed by atoms with Gasteiger partial charge in [-0.05, 0) is 22.9 Å². The van der Waals surface area contributed by atoms with E-state index in [2.05, 4.69) is 30.6 Å². The number of benzene rings is 2. The normalized spacial score (nSPS) is 10.9. The molecule has 10 heteroatoms. The first-order valence-corrected chi connectivity index (χ1v) is 8.78. The number of amides is 1. The molecule has 0 aliphatic rings. The van der Waals surface area contributed by atoms with Crippen LogP contribution in [0.3, 0.4) is 0 Å². The van der Waals surface area contributed by atoms with E-state index in [4.69, 9.17) is 0 Å². The van der Waals surface area contributed by atoms with Gasteiger partial charge in [0, 0.05) is 19.4 Å². The number of carbonyl (C=O) groups is 1. The number of phenolic OH excluding ortho intramolecular Hbond substituents is 1. The Kier molecular flexibility index (Phi) is 4.84. The van der Waals surface area contributed by atoms with Gasteiger partial charge in [-0.15, -0.1) is 10.2 Å². The van der Waals surface area contributed by atoms with Gasteiger partial charge in [0.2, 0.25) is 0 Å². The van der Waals surface area contributed by atoms with Gasteiger partial charge in [-0.3, -0.25) is 4.79 Å². The van der Waals surface area contributed by atoms with Crippen molar-refractivity contribution in [2.75, 3.05) is 7.05 Å². The lowest BCUT2D eigenvalue weighted by atomic mass is 10.0. The molecule has 0 radical (unpaired) electrons. The summed E-state index contributed by atoms with van der Waals surface area (Å²) in [6.07, 6.45) is 4.38. The molecular formula is C20H14N8O2. The molecule has 0 spiro atoms. The molecule has 0 fully saturated rings. The minimum atomic E-state index is -0.457. The van der Waals surface area contributed by atoms with E-state index in [1.807, 2.05) is 12.1 Å². The Bertz CT molecular complexity index is 1320. The second kappa shape index (κ2) is 7.76. The number of hydrogen-bond acceptors (Lipinski definition) is 8. The van der Waals surface area contributed by atoms with Crippen molar-refractivity contribution >= 4 is 28.2 Å². The zero-order valence-electron chi connectivity index (χ0n) is 15.7. The molecule has 0 bridgehead atoms. The van der Waals surface area contributed by atoms with Crippen LogP contribution in [0.15, 0.2) is 65.2 Å². The van der Waals surface area contributed by atoms with E-state index in [-0.39, 0.29) is 34.3 Å². The van der Waals surface area contributed by atoms with Crippen molar-refractivity contribution in [3.05, 3.63) is 66.1 Å². The first kappa shape index (κ1) is 18.7. The Morgan fingerprint density at radius 2 is 1.97 bits per heavy atom. The molecule has 0 saturated heterocycles. The molecule has 0 aliphatic heterocycles. The van der Waals surface area contributed by atoms with Crippen molar-refractivity contribution in [2.24, 2.45) is 10.2 Å². The van der Waals surface area contributed by atoms with Gasteiger partial charge >= 0.3 is 0 Å². The number of hydrogen-bond donors (Lipinski definition) is 2. The van der Waals surface area contributed by atoms with Crippen molar-refractivity contribution in [3.8, 4) is 17.8 Å². The molecule has 2 heterocycles. The van der Waals surface area contributed by atoms with E-state index in [9.17, 15) is 15.2 Å². The van der Waals surface area contributed by atoms with Crippen molar-refractivity contribution in [2.45, 2.75) is 0 Å². The van der Waals surface area contributed by atoms with E-state index in [0.29, 0.717) is 10.8 Å². The molecule has 30 heavy (non-hydrogen) atoms. The predicted molar refractivity (Wildman–Crippen MR) is 107 cm³/mol. The van der Waals surface area contributed by atoms with Crippen molar-refractivity contribution in [1.29, 1.82) is 5.26 Å². The van der Waals surface area contributed by atoms with E-state index in [1.54, 1.807) is 30.3 Å². The number of phenols is 1. The molecule has 0 atom stereocenters. The van der Waals surface area contributed by atoms with Crippen LogP contribution in [-0.4, -0.2) is 37.8 Å². The van der Waals surface area contributed by atoms with Crippen molar-refractivity contribution in [1.82, 2.24) is 25.1 Å². The maximum Gasteiger partial charge on any atom is 0.255 e. The topological polar surface area (TPSA) is 141 Å². The fraction of sp³-hybridized carbons (Fsp3) is 0.0500. The molecule has 2 N–H and O–H groups in total. The average Bonchev–Trinajstić information content (AvgIpc) is 3.20. The maximum atomic E-state index is 12.4. The second-order valence-corrected chi connectivity index (χ2v) is 6.07. The Hall–Kier alpha value is -4.65. The molecule has 10 nitrogen and oxygen atoms in total. The summed E-state index contributed by atoms with van der Waals surface area (Å²) in [6, 6.07) is 12.3. The van der Waals surface area contributed by atoms with Gasteiger partial charge in [0.05, 0.1) is 11.8 Å². The number of aromatic nitrogens is 4. The summed E-state index contributed by atoms with van der Waals surface area (Å²) < 4.78 is 1.26. The van der Waals surface area contributed by atoms with Gasteiger partial charge in [-0.25, -0.2) is 9.97 Å². The van der Waals surface area contributed by atoms with Crippen LogP contribution >= 0.6 is 0 Å². The van der Waals surface area contributed by atoms with Gasteiger partial charge in [-0.2, -0.15) is 15.0 Å². The minimum absolute atomic E-state index is 0.0675. The third kappa shape index (κ3) is 3.20. The van der Waals surface area contributed by atoms with Crippen LogP contribution in [0.5, 0.6) is 5.75 Å². The highest BCUT2D eigenvalue weighted by Gasteiger charge is 2.19. The number of aromatic hydroxyl groups is 1. The third-order valence-corrected chi connectivity index (χ3v) is 4.31. The van der Waals surface area contributed by atoms with E-state index in [0.717, 1.165) is 0 Å². The predicted octanol–water partition coefficient (Wildman–Crippen LogP) is 3.17. The van der Waals surface area contributed by atoms with E-state index in [1.165, 1.54) is 30.3 Å². The van der Waals surface area contributed by atoms with Crippen LogP contribution in [-0.2, 0) is 0 Å². The van der Waals surface area contributed by atoms with Crippen LogP contribution in [0.1, 0.15) is 15.9 Å². The molecule has 4 rings (SSSR count). The molecule has 2 aromatic carbocycles. The number of nitrogens with zero attached hydrogens (tertiary/aromatic N) is 7. The van der Waals surface area contributed by atoms with Crippen LogP contribution in [0.2, 0.25) is 0 Å². The van der Waals surface area contributed by atoms with Gasteiger partial charge in [-0.1, -0.05) is 24.3 Å². The lowest BCUT2D eigenvalue weighted by Gasteiger charge is -2.10. The number of rotatable bonds is 4. The number of azo groups is 1. The van der Waals surface area contributed by atoms with Crippen LogP contribution < -0.4 is 5.32 Å². The fourth-order valence-electron chi connectivity index (χ4n) is 2.92. The highest BCUT2D eigenvalue weighted by molar-refractivity contribution is 6.11. The third-order valence-electron chi connectivity index (χ3n) is 4.31. The lowest BCUT2D eigenvalue weighted by molar-refractivity contribution is 0.0962. The first-order valence-electron chi connectivity index (χ1n) is 8.78. The largest absolute Gasteiger partial charge is 0.505 e. The Labute approximate surface area is 170 Å². The smallest absolute Gasteiger partial charge is 0.255 e. The number of nitriles is 1. The summed E-state index contributed by atoms with van der Waals surface area (Å²) in [5, 5.41) is 36.2. The molecule has 4 aromatic rings. The Morgan fingerprint density at radius 1 is 1.20 bits per heavy atom. The summed E-state index contributed by atoms with van der Waals surface area (Å²) in [7, 11) is 1.47. The molecule has 0 unspecified atom stereocenters. The number of fused-ring (bicyclic) bond motifs is 1. The zero-order valence-corrected chi connectivity index (χ0v) is 15.7. The second-order valence-electron chi connectivity index (χ2n) is 6.07. The standard InChI is InChI=1S/C20H14N8O2/c1-22-19(30)16-14-6-3-2-5-12(14)9-15(17(16)29)26-27-18-13(10-21)11-25-28(18)20-23-7-4-8-24-20/h2-9,11,29H,1H3,(H,22,30). The average molecular weight is 398 g/mol. The quantitative estimate of drug-likeness (QED) is 0.506. The first-order chi connectivity index (χ1) is 14.6. The molecule has 1 amide bonds. The van der Waals surface area contributed by atoms with Crippen molar-refractivity contribution < 1.29 is 9.90 Å². The Balaban J connectivity index is 1.87. The Morgan fingerprint density at radius 3 is 2.70 bits per heavy atom. The highest BCUT2D eigenvalue weighted by atomic mass is 16.3. The van der Waals surface area contributed by atoms with E-state index >= 15 is 0 Å².